The van der Waals surface area contributed by atoms with E-state index in [9.17, 15) is 10.1 Å². The van der Waals surface area contributed by atoms with Crippen LogP contribution in [0.1, 0.15) is 49.9 Å². The van der Waals surface area contributed by atoms with E-state index in [2.05, 4.69) is 33.7 Å². The molecule has 0 bridgehead atoms. The number of aromatic nitrogens is 2. The Hall–Kier alpha value is -3.32. The van der Waals surface area contributed by atoms with Gasteiger partial charge in [-0.15, -0.1) is 10.2 Å². The molecule has 3 aromatic rings. The Morgan fingerprint density at radius 3 is 2.81 bits per heavy atom. The van der Waals surface area contributed by atoms with Crippen molar-refractivity contribution in [3.63, 3.8) is 0 Å². The quantitative estimate of drug-likeness (QED) is 0.395. The van der Waals surface area contributed by atoms with E-state index in [0.717, 1.165) is 34.0 Å². The number of fused-ring (bicyclic) bond motifs is 1. The highest BCUT2D eigenvalue weighted by Crippen LogP contribution is 2.40. The molecule has 0 unspecified atom stereocenters. The summed E-state index contributed by atoms with van der Waals surface area (Å²) in [5.74, 6) is 0.657. The first-order chi connectivity index (χ1) is 17.9. The van der Waals surface area contributed by atoms with Crippen LogP contribution in [0, 0.1) is 11.3 Å². The molecule has 9 heteroatoms. The Labute approximate surface area is 222 Å². The lowest BCUT2D eigenvalue weighted by atomic mass is 10.0. The number of methoxy groups -OCH3 is 1. The molecular formula is C28H33N5O3S. The lowest BCUT2D eigenvalue weighted by molar-refractivity contribution is -0.130. The summed E-state index contributed by atoms with van der Waals surface area (Å²) in [6, 6.07) is 14.1. The molecule has 1 amide bonds. The van der Waals surface area contributed by atoms with Crippen molar-refractivity contribution < 1.29 is 14.3 Å². The Bertz CT molecular complexity index is 1280. The zero-order valence-electron chi connectivity index (χ0n) is 21.8. The first kappa shape index (κ1) is 26.7. The predicted molar refractivity (Wildman–Crippen MR) is 144 cm³/mol. The Balaban J connectivity index is 1.50. The molecule has 1 aromatic heterocycles. The summed E-state index contributed by atoms with van der Waals surface area (Å²) < 4.78 is 10.9. The topological polar surface area (TPSA) is 100 Å². The number of benzene rings is 2. The number of nitrogens with zero attached hydrogens (tertiary/aromatic N) is 4. The number of amides is 1. The van der Waals surface area contributed by atoms with Gasteiger partial charge in [-0.25, -0.2) is 0 Å². The molecule has 8 nitrogen and oxygen atoms in total. The van der Waals surface area contributed by atoms with Crippen LogP contribution >= 0.6 is 11.3 Å². The van der Waals surface area contributed by atoms with E-state index >= 15 is 0 Å². The van der Waals surface area contributed by atoms with Gasteiger partial charge >= 0.3 is 0 Å². The van der Waals surface area contributed by atoms with Crippen molar-refractivity contribution in [1.82, 2.24) is 20.4 Å². The summed E-state index contributed by atoms with van der Waals surface area (Å²) in [6.07, 6.45) is 1.83. The summed E-state index contributed by atoms with van der Waals surface area (Å²) in [5, 5.41) is 23.6. The fourth-order valence-electron chi connectivity index (χ4n) is 4.61. The molecule has 0 spiro atoms. The molecule has 1 atom stereocenters. The van der Waals surface area contributed by atoms with Gasteiger partial charge in [-0.05, 0) is 62.9 Å². The van der Waals surface area contributed by atoms with E-state index in [1.165, 1.54) is 22.5 Å². The maximum absolute atomic E-state index is 12.7. The summed E-state index contributed by atoms with van der Waals surface area (Å²) in [5.41, 5.74) is 4.86. The van der Waals surface area contributed by atoms with E-state index in [1.54, 1.807) is 13.2 Å². The molecule has 194 valence electrons. The number of hydrogen-bond acceptors (Lipinski definition) is 8. The predicted octanol–water partition coefficient (Wildman–Crippen LogP) is 4.60. The van der Waals surface area contributed by atoms with Crippen molar-refractivity contribution in [2.75, 3.05) is 33.4 Å². The Morgan fingerprint density at radius 2 is 2.08 bits per heavy atom. The highest BCUT2D eigenvalue weighted by molar-refractivity contribution is 7.17. The van der Waals surface area contributed by atoms with Gasteiger partial charge in [0.1, 0.15) is 21.8 Å². The highest BCUT2D eigenvalue weighted by Gasteiger charge is 2.27. The van der Waals surface area contributed by atoms with E-state index in [-0.39, 0.29) is 18.1 Å². The van der Waals surface area contributed by atoms with Gasteiger partial charge in [0, 0.05) is 37.4 Å². The number of hydrogen-bond donors (Lipinski definition) is 1. The van der Waals surface area contributed by atoms with Crippen LogP contribution in [0.15, 0.2) is 36.4 Å². The van der Waals surface area contributed by atoms with Crippen molar-refractivity contribution in [3.8, 4) is 33.0 Å². The molecule has 0 fully saturated rings. The second-order valence-electron chi connectivity index (χ2n) is 9.21. The average Bonchev–Trinajstić information content (AvgIpc) is 3.55. The smallest absolute Gasteiger partial charge is 0.236 e. The van der Waals surface area contributed by atoms with E-state index in [1.807, 2.05) is 43.9 Å². The summed E-state index contributed by atoms with van der Waals surface area (Å²) in [6.45, 7) is 7.95. The minimum Gasteiger partial charge on any atom is -0.490 e. The molecule has 4 rings (SSSR count). The van der Waals surface area contributed by atoms with Crippen LogP contribution in [0.2, 0.25) is 0 Å². The Morgan fingerprint density at radius 1 is 1.27 bits per heavy atom. The van der Waals surface area contributed by atoms with Gasteiger partial charge in [0.05, 0.1) is 24.8 Å². The first-order valence-electron chi connectivity index (χ1n) is 12.6. The van der Waals surface area contributed by atoms with Crippen LogP contribution < -0.4 is 10.1 Å². The minimum absolute atomic E-state index is 0.0102. The van der Waals surface area contributed by atoms with E-state index < -0.39 is 0 Å². The fraction of sp³-hybridized carbons (Fsp3) is 0.429. The van der Waals surface area contributed by atoms with Gasteiger partial charge in [-0.2, -0.15) is 5.26 Å². The average molecular weight is 520 g/mol. The van der Waals surface area contributed by atoms with Gasteiger partial charge in [-0.1, -0.05) is 29.5 Å². The van der Waals surface area contributed by atoms with E-state index in [0.29, 0.717) is 37.6 Å². The van der Waals surface area contributed by atoms with Crippen molar-refractivity contribution in [1.29, 1.82) is 5.26 Å². The lowest BCUT2D eigenvalue weighted by Crippen LogP contribution is -2.40. The van der Waals surface area contributed by atoms with Crippen LogP contribution in [0.25, 0.3) is 21.1 Å². The number of likely N-dealkylation sites (N-methyl/N-ethyl adjacent to an activating group) is 1. The molecule has 1 aliphatic rings. The molecule has 0 aliphatic heterocycles. The number of ether oxygens (including phenoxy) is 2. The van der Waals surface area contributed by atoms with Crippen LogP contribution in [-0.4, -0.2) is 60.5 Å². The van der Waals surface area contributed by atoms with Crippen LogP contribution in [0.4, 0.5) is 0 Å². The number of rotatable bonds is 11. The number of nitriles is 1. The zero-order valence-corrected chi connectivity index (χ0v) is 22.6. The molecule has 2 aromatic carbocycles. The van der Waals surface area contributed by atoms with Gasteiger partial charge in [-0.3, -0.25) is 4.79 Å². The fourth-order valence-corrected chi connectivity index (χ4v) is 5.50. The maximum atomic E-state index is 12.7. The molecule has 0 radical (unpaired) electrons. The second-order valence-corrected chi connectivity index (χ2v) is 10.2. The van der Waals surface area contributed by atoms with Crippen LogP contribution in [-0.2, 0) is 16.0 Å². The van der Waals surface area contributed by atoms with Gasteiger partial charge in [0.25, 0.3) is 0 Å². The summed E-state index contributed by atoms with van der Waals surface area (Å²) >= 11 is 1.51. The highest BCUT2D eigenvalue weighted by atomic mass is 32.1. The standard InChI is InChI=1S/C28H33N5O3S/c1-5-33(13-14-35-4)26(34)17-30-24-11-10-21-22(24)7-6-8-23(21)28-32-31-27(37-28)19-9-12-25(36-18(2)3)20(15-19)16-29/h6-9,12,15,18,24,30H,5,10-11,13-14,17H2,1-4H3/t24-/m0/s1. The second kappa shape index (κ2) is 12.3. The van der Waals surface area contributed by atoms with Crippen molar-refractivity contribution in [2.24, 2.45) is 0 Å². The summed E-state index contributed by atoms with van der Waals surface area (Å²) in [4.78, 5) is 14.5. The molecule has 0 saturated carbocycles. The Kier molecular flexibility index (Phi) is 8.87. The number of carbonyl (C=O) groups excluding carboxylic acids is 1. The van der Waals surface area contributed by atoms with Gasteiger partial charge in [0.15, 0.2) is 0 Å². The monoisotopic (exact) mass is 519 g/mol. The van der Waals surface area contributed by atoms with Crippen LogP contribution in [0.5, 0.6) is 5.75 Å². The van der Waals surface area contributed by atoms with Crippen molar-refractivity contribution in [3.05, 3.63) is 53.1 Å². The molecule has 37 heavy (non-hydrogen) atoms. The van der Waals surface area contributed by atoms with Gasteiger partial charge in [0.2, 0.25) is 5.91 Å². The zero-order chi connectivity index (χ0) is 26.4. The number of nitrogens with one attached hydrogen (secondary N) is 1. The normalized spacial score (nSPS) is 14.4. The number of carbonyl (C=O) groups is 1. The third-order valence-electron chi connectivity index (χ3n) is 6.44. The SMILES string of the molecule is CCN(CCOC)C(=O)CN[C@H]1CCc2c(-c3nnc(-c4ccc(OC(C)C)c(C#N)c4)s3)cccc21. The van der Waals surface area contributed by atoms with Crippen molar-refractivity contribution >= 4 is 17.2 Å². The molecule has 1 heterocycles. The van der Waals surface area contributed by atoms with Crippen LogP contribution in [0.3, 0.4) is 0 Å². The largest absolute Gasteiger partial charge is 0.490 e. The van der Waals surface area contributed by atoms with Crippen molar-refractivity contribution in [2.45, 2.75) is 45.8 Å². The maximum Gasteiger partial charge on any atom is 0.236 e. The third-order valence-corrected chi connectivity index (χ3v) is 7.44. The third kappa shape index (κ3) is 6.16. The van der Waals surface area contributed by atoms with Gasteiger partial charge < -0.3 is 19.7 Å². The molecule has 0 saturated heterocycles. The lowest BCUT2D eigenvalue weighted by Gasteiger charge is -2.22. The molecule has 1 aliphatic carbocycles. The molecular weight excluding hydrogens is 486 g/mol. The first-order valence-corrected chi connectivity index (χ1v) is 13.4. The minimum atomic E-state index is -0.0102. The van der Waals surface area contributed by atoms with E-state index in [4.69, 9.17) is 9.47 Å². The molecule has 1 N–H and O–H groups in total. The summed E-state index contributed by atoms with van der Waals surface area (Å²) in [7, 11) is 1.65.